The second-order valence-electron chi connectivity index (χ2n) is 6.81. The van der Waals surface area contributed by atoms with Gasteiger partial charge in [0.05, 0.1) is 0 Å². The Morgan fingerprint density at radius 1 is 0.970 bits per heavy atom. The van der Waals surface area contributed by atoms with E-state index < -0.39 is 58.0 Å². The fourth-order valence-corrected chi connectivity index (χ4v) is 3.10. The molecule has 0 radical (unpaired) electrons. The Kier molecular flexibility index (Phi) is 6.18. The number of alkyl halides is 7. The maximum atomic E-state index is 15.0. The molecule has 0 aliphatic heterocycles. The van der Waals surface area contributed by atoms with Crippen LogP contribution in [0.15, 0.2) is 48.5 Å². The van der Waals surface area contributed by atoms with Crippen LogP contribution in [0.1, 0.15) is 16.1 Å². The fourth-order valence-electron chi connectivity index (χ4n) is 2.93. The van der Waals surface area contributed by atoms with E-state index in [2.05, 4.69) is 4.98 Å². The lowest BCUT2D eigenvalue weighted by atomic mass is 10.0. The molecule has 0 spiro atoms. The number of fused-ring (bicyclic) bond motifs is 1. The third-order valence-corrected chi connectivity index (χ3v) is 4.90. The number of halogens is 9. The Balaban J connectivity index is 2.18. The largest absolute Gasteiger partial charge is 0.395 e. The lowest BCUT2D eigenvalue weighted by Gasteiger charge is -2.31. The molecular formula is C20H11ClF8N2O2. The van der Waals surface area contributed by atoms with Crippen molar-refractivity contribution < 1.29 is 44.8 Å². The van der Waals surface area contributed by atoms with Crippen molar-refractivity contribution in [3.8, 4) is 0 Å². The zero-order valence-corrected chi connectivity index (χ0v) is 16.7. The van der Waals surface area contributed by atoms with Gasteiger partial charge in [-0.2, -0.15) is 26.3 Å². The Labute approximate surface area is 184 Å². The summed E-state index contributed by atoms with van der Waals surface area (Å²) < 4.78 is 109. The molecule has 0 aliphatic carbocycles. The normalized spacial score (nSPS) is 12.8. The number of nitrogens with zero attached hydrogens (tertiary/aromatic N) is 1. The van der Waals surface area contributed by atoms with Gasteiger partial charge in [-0.15, -0.1) is 5.12 Å². The van der Waals surface area contributed by atoms with Gasteiger partial charge in [0.15, 0.2) is 6.67 Å². The van der Waals surface area contributed by atoms with E-state index in [4.69, 9.17) is 11.6 Å². The van der Waals surface area contributed by atoms with Crippen LogP contribution in [0.4, 0.5) is 40.9 Å². The Morgan fingerprint density at radius 3 is 2.15 bits per heavy atom. The molecule has 0 atom stereocenters. The molecule has 0 fully saturated rings. The molecule has 1 N–H and O–H groups in total. The number of hydrogen-bond donors (Lipinski definition) is 1. The number of aromatic nitrogens is 1. The van der Waals surface area contributed by atoms with Gasteiger partial charge in [0.1, 0.15) is 11.4 Å². The zero-order chi connectivity index (χ0) is 24.8. The third kappa shape index (κ3) is 3.92. The minimum absolute atomic E-state index is 0.0326. The number of H-pyrrole nitrogens is 1. The van der Waals surface area contributed by atoms with Gasteiger partial charge in [-0.3, -0.25) is 9.59 Å². The number of carbonyl (C=O) groups is 2. The lowest BCUT2D eigenvalue weighted by molar-refractivity contribution is -0.300. The summed E-state index contributed by atoms with van der Waals surface area (Å²) in [6, 6.07) is 10.0. The number of anilines is 1. The van der Waals surface area contributed by atoms with Gasteiger partial charge in [-0.1, -0.05) is 46.4 Å². The van der Waals surface area contributed by atoms with E-state index in [1.807, 2.05) is 0 Å². The van der Waals surface area contributed by atoms with E-state index in [1.54, 1.807) is 0 Å². The predicted octanol–water partition coefficient (Wildman–Crippen LogP) is 6.15. The second-order valence-corrected chi connectivity index (χ2v) is 7.24. The Bertz CT molecular complexity index is 1210. The van der Waals surface area contributed by atoms with E-state index in [1.165, 1.54) is 30.3 Å². The van der Waals surface area contributed by atoms with Crippen LogP contribution < -0.4 is 5.12 Å². The Morgan fingerprint density at radius 2 is 1.58 bits per heavy atom. The first-order chi connectivity index (χ1) is 15.3. The maximum absolute atomic E-state index is 15.0. The highest BCUT2D eigenvalue weighted by molar-refractivity contribution is 6.31. The molecule has 1 heterocycles. The summed E-state index contributed by atoms with van der Waals surface area (Å²) in [5.74, 6) is -23.4. The van der Waals surface area contributed by atoms with Crippen LogP contribution in [0.2, 0.25) is 5.02 Å². The van der Waals surface area contributed by atoms with E-state index in [9.17, 15) is 44.8 Å². The SMILES string of the molecule is O=C(c1ccccc1)c1[nH]c2cc(Cl)ccc2c1N(F)C(=O)C(F)(F)C(F)(F)C(F)(F)CF. The van der Waals surface area contributed by atoms with Crippen LogP contribution in [0.5, 0.6) is 0 Å². The summed E-state index contributed by atoms with van der Waals surface area (Å²) in [7, 11) is 0. The number of rotatable bonds is 7. The van der Waals surface area contributed by atoms with Crippen molar-refractivity contribution in [2.24, 2.45) is 0 Å². The number of hydrogen-bond acceptors (Lipinski definition) is 2. The van der Waals surface area contributed by atoms with Crippen molar-refractivity contribution in [2.45, 2.75) is 17.8 Å². The molecule has 4 nitrogen and oxygen atoms in total. The average molecular weight is 499 g/mol. The molecule has 2 aromatic carbocycles. The minimum atomic E-state index is -6.59. The maximum Gasteiger partial charge on any atom is 0.395 e. The molecular weight excluding hydrogens is 488 g/mol. The number of aromatic amines is 1. The van der Waals surface area contributed by atoms with Crippen LogP contribution in [-0.2, 0) is 4.79 Å². The summed E-state index contributed by atoms with van der Waals surface area (Å²) >= 11 is 5.80. The van der Waals surface area contributed by atoms with Gasteiger partial charge >= 0.3 is 23.7 Å². The highest BCUT2D eigenvalue weighted by atomic mass is 35.5. The molecule has 13 heteroatoms. The number of benzene rings is 2. The first kappa shape index (κ1) is 24.5. The molecule has 176 valence electrons. The topological polar surface area (TPSA) is 53.2 Å². The number of nitrogens with one attached hydrogen (secondary N) is 1. The van der Waals surface area contributed by atoms with Gasteiger partial charge in [-0.05, 0) is 18.2 Å². The molecule has 0 unspecified atom stereocenters. The van der Waals surface area contributed by atoms with E-state index in [0.717, 1.165) is 18.2 Å². The zero-order valence-electron chi connectivity index (χ0n) is 16.0. The predicted molar refractivity (Wildman–Crippen MR) is 103 cm³/mol. The molecule has 33 heavy (non-hydrogen) atoms. The summed E-state index contributed by atoms with van der Waals surface area (Å²) in [6.45, 7) is -3.24. The third-order valence-electron chi connectivity index (χ3n) is 4.66. The monoisotopic (exact) mass is 498 g/mol. The standard InChI is InChI=1S/C20H11ClF8N2O2/c21-11-6-7-12-13(8-11)30-14(16(32)10-4-2-1-3-5-10)15(12)31(29)17(33)19(25,26)20(27,28)18(23,24)9-22/h1-8,30H,9H2. The van der Waals surface area contributed by atoms with Crippen LogP contribution in [0, 0.1) is 0 Å². The second kappa shape index (κ2) is 8.32. The van der Waals surface area contributed by atoms with Crippen LogP contribution in [0.25, 0.3) is 10.9 Å². The summed E-state index contributed by atoms with van der Waals surface area (Å²) in [5.41, 5.74) is -2.33. The average Bonchev–Trinajstić information content (AvgIpc) is 3.16. The van der Waals surface area contributed by atoms with Gasteiger partial charge in [-0.25, -0.2) is 4.39 Å². The molecule has 3 rings (SSSR count). The molecule has 0 aliphatic rings. The molecule has 3 aromatic rings. The smallest absolute Gasteiger partial charge is 0.350 e. The van der Waals surface area contributed by atoms with Crippen molar-refractivity contribution in [2.75, 3.05) is 11.8 Å². The molecule has 1 amide bonds. The molecule has 0 bridgehead atoms. The van der Waals surface area contributed by atoms with E-state index in [-0.39, 0.29) is 16.1 Å². The summed E-state index contributed by atoms with van der Waals surface area (Å²) in [4.78, 5) is 27.2. The molecule has 0 saturated heterocycles. The molecule has 1 aromatic heterocycles. The van der Waals surface area contributed by atoms with Crippen molar-refractivity contribution in [3.63, 3.8) is 0 Å². The van der Waals surface area contributed by atoms with Crippen molar-refractivity contribution in [1.29, 1.82) is 0 Å². The van der Waals surface area contributed by atoms with Gasteiger partial charge in [0.25, 0.3) is 0 Å². The van der Waals surface area contributed by atoms with Gasteiger partial charge in [0, 0.05) is 21.5 Å². The first-order valence-corrected chi connectivity index (χ1v) is 9.24. The van der Waals surface area contributed by atoms with Gasteiger partial charge in [0.2, 0.25) is 5.78 Å². The van der Waals surface area contributed by atoms with Crippen LogP contribution in [0.3, 0.4) is 0 Å². The first-order valence-electron chi connectivity index (χ1n) is 8.87. The highest BCUT2D eigenvalue weighted by Crippen LogP contribution is 2.48. The van der Waals surface area contributed by atoms with Crippen molar-refractivity contribution in [1.82, 2.24) is 4.98 Å². The van der Waals surface area contributed by atoms with Crippen molar-refractivity contribution in [3.05, 3.63) is 64.8 Å². The van der Waals surface area contributed by atoms with Crippen molar-refractivity contribution >= 4 is 39.9 Å². The fraction of sp³-hybridized carbons (Fsp3) is 0.200. The number of carbonyl (C=O) groups excluding carboxylic acids is 2. The van der Waals surface area contributed by atoms with Gasteiger partial charge < -0.3 is 4.98 Å². The van der Waals surface area contributed by atoms with E-state index in [0.29, 0.717) is 0 Å². The van der Waals surface area contributed by atoms with Crippen LogP contribution >= 0.6 is 11.6 Å². The number of amides is 1. The Hall–Kier alpha value is -3.15. The summed E-state index contributed by atoms with van der Waals surface area (Å²) in [5, 5.41) is -1.93. The number of ketones is 1. The highest BCUT2D eigenvalue weighted by Gasteiger charge is 2.76. The van der Waals surface area contributed by atoms with E-state index >= 15 is 0 Å². The molecule has 0 saturated carbocycles. The summed E-state index contributed by atoms with van der Waals surface area (Å²) in [6.07, 6.45) is 0. The lowest BCUT2D eigenvalue weighted by Crippen LogP contribution is -2.61. The minimum Gasteiger partial charge on any atom is -0.350 e. The quantitative estimate of drug-likeness (QED) is 0.241. The van der Waals surface area contributed by atoms with Crippen LogP contribution in [-0.4, -0.2) is 41.1 Å².